The van der Waals surface area contributed by atoms with E-state index >= 15 is 0 Å². The zero-order valence-corrected chi connectivity index (χ0v) is 16.0. The molecule has 2 heterocycles. The Morgan fingerprint density at radius 2 is 1.38 bits per heavy atom. The lowest BCUT2D eigenvalue weighted by molar-refractivity contribution is -0.121. The molecule has 0 aromatic heterocycles. The van der Waals surface area contributed by atoms with Crippen molar-refractivity contribution in [3.05, 3.63) is 95.5 Å². The van der Waals surface area contributed by atoms with Crippen LogP contribution in [-0.4, -0.2) is 23.6 Å². The number of hydrogen-bond acceptors (Lipinski definition) is 4. The first-order valence-electron chi connectivity index (χ1n) is 9.27. The van der Waals surface area contributed by atoms with E-state index in [4.69, 9.17) is 16.7 Å². The smallest absolute Gasteiger partial charge is 0.259 e. The Kier molecular flexibility index (Phi) is 4.18. The fourth-order valence-electron chi connectivity index (χ4n) is 3.93. The molecule has 0 unspecified atom stereocenters. The number of fused-ring (bicyclic) bond motifs is 1. The van der Waals surface area contributed by atoms with Gasteiger partial charge in [-0.25, -0.2) is 4.90 Å². The molecule has 2 aliphatic heterocycles. The zero-order chi connectivity index (χ0) is 20.0. The van der Waals surface area contributed by atoms with Crippen molar-refractivity contribution in [2.45, 2.75) is 6.04 Å². The van der Waals surface area contributed by atoms with E-state index in [1.165, 1.54) is 4.90 Å². The molecule has 0 radical (unpaired) electrons. The van der Waals surface area contributed by atoms with Crippen molar-refractivity contribution in [2.24, 2.45) is 11.0 Å². The van der Waals surface area contributed by atoms with Crippen LogP contribution in [0.2, 0.25) is 5.02 Å². The fourth-order valence-corrected chi connectivity index (χ4v) is 4.15. The first-order valence-corrected chi connectivity index (χ1v) is 9.65. The summed E-state index contributed by atoms with van der Waals surface area (Å²) in [6, 6.07) is 25.1. The van der Waals surface area contributed by atoms with Gasteiger partial charge in [-0.2, -0.15) is 5.10 Å². The van der Waals surface area contributed by atoms with E-state index in [0.717, 1.165) is 11.3 Å². The van der Waals surface area contributed by atoms with Gasteiger partial charge in [0.15, 0.2) is 0 Å². The highest BCUT2D eigenvalue weighted by Crippen LogP contribution is 2.40. The number of amides is 2. The summed E-state index contributed by atoms with van der Waals surface area (Å²) in [7, 11) is 0. The van der Waals surface area contributed by atoms with E-state index in [9.17, 15) is 9.59 Å². The number of hydrazone groups is 1. The van der Waals surface area contributed by atoms with Crippen LogP contribution in [0.15, 0.2) is 90.0 Å². The molecule has 0 spiro atoms. The number of hydrogen-bond donors (Lipinski definition) is 0. The average molecular weight is 402 g/mol. The number of anilines is 2. The van der Waals surface area contributed by atoms with Gasteiger partial charge in [-0.3, -0.25) is 14.6 Å². The summed E-state index contributed by atoms with van der Waals surface area (Å²) < 4.78 is 0. The molecule has 0 saturated carbocycles. The topological polar surface area (TPSA) is 53.0 Å². The number of carbonyl (C=O) groups excluding carboxylic acids is 2. The molecule has 29 heavy (non-hydrogen) atoms. The van der Waals surface area contributed by atoms with E-state index in [0.29, 0.717) is 16.4 Å². The number of halogens is 1. The Labute approximate surface area is 172 Å². The Hall–Kier alpha value is -3.44. The van der Waals surface area contributed by atoms with E-state index < -0.39 is 12.0 Å². The maximum absolute atomic E-state index is 13.4. The van der Waals surface area contributed by atoms with Crippen LogP contribution >= 0.6 is 11.6 Å². The highest BCUT2D eigenvalue weighted by molar-refractivity contribution is 6.39. The molecule has 2 amide bonds. The predicted octanol–water partition coefficient (Wildman–Crippen LogP) is 4.12. The molecule has 1 saturated heterocycles. The second kappa shape index (κ2) is 6.87. The largest absolute Gasteiger partial charge is 0.273 e. The average Bonchev–Trinajstić information content (AvgIpc) is 3.27. The Morgan fingerprint density at radius 1 is 0.759 bits per heavy atom. The molecule has 2 aliphatic rings. The van der Waals surface area contributed by atoms with Gasteiger partial charge in [0.05, 0.1) is 22.1 Å². The van der Waals surface area contributed by atoms with Crippen LogP contribution in [0.4, 0.5) is 11.4 Å². The van der Waals surface area contributed by atoms with Crippen LogP contribution in [0.1, 0.15) is 5.56 Å². The highest BCUT2D eigenvalue weighted by Gasteiger charge is 2.57. The SMILES string of the molecule is O=C1[C@@H]2C(c3ccccc3)=NN(c3ccccc3)[C@@H]2C(=O)N1c1ccccc1Cl. The number of benzene rings is 3. The standard InChI is InChI=1S/C23H16ClN3O2/c24-17-13-7-8-14-18(17)26-22(28)19-20(15-9-3-1-4-10-15)25-27(21(19)23(26)29)16-11-5-2-6-12-16/h1-14,19,21H/t19-,21+/m1/s1. The summed E-state index contributed by atoms with van der Waals surface area (Å²) in [6.45, 7) is 0. The summed E-state index contributed by atoms with van der Waals surface area (Å²) in [6.07, 6.45) is 0. The van der Waals surface area contributed by atoms with Crippen LogP contribution in [0.5, 0.6) is 0 Å². The van der Waals surface area contributed by atoms with Crippen molar-refractivity contribution in [3.8, 4) is 0 Å². The molecule has 0 N–H and O–H groups in total. The van der Waals surface area contributed by atoms with Gasteiger partial charge in [-0.15, -0.1) is 0 Å². The highest BCUT2D eigenvalue weighted by atomic mass is 35.5. The lowest BCUT2D eigenvalue weighted by atomic mass is 9.93. The van der Waals surface area contributed by atoms with Crippen LogP contribution in [0.3, 0.4) is 0 Å². The van der Waals surface area contributed by atoms with Crippen molar-refractivity contribution in [2.75, 3.05) is 9.91 Å². The van der Waals surface area contributed by atoms with Crippen molar-refractivity contribution in [3.63, 3.8) is 0 Å². The molecule has 3 aromatic carbocycles. The fraction of sp³-hybridized carbons (Fsp3) is 0.0870. The Morgan fingerprint density at radius 3 is 2.07 bits per heavy atom. The van der Waals surface area contributed by atoms with Crippen molar-refractivity contribution >= 4 is 40.5 Å². The van der Waals surface area contributed by atoms with Crippen molar-refractivity contribution in [1.29, 1.82) is 0 Å². The molecule has 5 nitrogen and oxygen atoms in total. The molecule has 6 heteroatoms. The second-order valence-corrected chi connectivity index (χ2v) is 7.32. The van der Waals surface area contributed by atoms with Crippen LogP contribution in [0, 0.1) is 5.92 Å². The van der Waals surface area contributed by atoms with Gasteiger partial charge in [0.2, 0.25) is 5.91 Å². The predicted molar refractivity (Wildman–Crippen MR) is 113 cm³/mol. The maximum Gasteiger partial charge on any atom is 0.259 e. The lowest BCUT2D eigenvalue weighted by Crippen LogP contribution is -2.39. The lowest BCUT2D eigenvalue weighted by Gasteiger charge is -2.22. The minimum atomic E-state index is -0.739. The van der Waals surface area contributed by atoms with Gasteiger partial charge >= 0.3 is 0 Å². The third kappa shape index (κ3) is 2.74. The number of para-hydroxylation sites is 2. The molecule has 3 aromatic rings. The molecular weight excluding hydrogens is 386 g/mol. The first-order chi connectivity index (χ1) is 14.2. The van der Waals surface area contributed by atoms with Gasteiger partial charge in [0.1, 0.15) is 12.0 Å². The summed E-state index contributed by atoms with van der Waals surface area (Å²) in [5.74, 6) is -1.33. The van der Waals surface area contributed by atoms with Crippen LogP contribution in [-0.2, 0) is 9.59 Å². The quantitative estimate of drug-likeness (QED) is 0.620. The van der Waals surface area contributed by atoms with Crippen molar-refractivity contribution in [1.82, 2.24) is 0 Å². The monoisotopic (exact) mass is 401 g/mol. The number of rotatable bonds is 3. The molecule has 0 aliphatic carbocycles. The Balaban J connectivity index is 1.65. The summed E-state index contributed by atoms with van der Waals surface area (Å²) >= 11 is 6.31. The normalized spacial score (nSPS) is 20.8. The third-order valence-electron chi connectivity index (χ3n) is 5.23. The number of imide groups is 1. The molecular formula is C23H16ClN3O2. The van der Waals surface area contributed by atoms with Crippen molar-refractivity contribution < 1.29 is 9.59 Å². The number of nitrogens with zero attached hydrogens (tertiary/aromatic N) is 3. The molecule has 0 bridgehead atoms. The number of carbonyl (C=O) groups is 2. The molecule has 2 atom stereocenters. The molecule has 1 fully saturated rings. The van der Waals surface area contributed by atoms with E-state index in [1.807, 2.05) is 60.7 Å². The van der Waals surface area contributed by atoms with Gasteiger partial charge < -0.3 is 0 Å². The summed E-state index contributed by atoms with van der Waals surface area (Å²) in [5, 5.41) is 6.73. The van der Waals surface area contributed by atoms with E-state index in [-0.39, 0.29) is 11.8 Å². The van der Waals surface area contributed by atoms with Gasteiger partial charge in [-0.05, 0) is 29.8 Å². The maximum atomic E-state index is 13.4. The van der Waals surface area contributed by atoms with Crippen LogP contribution in [0.25, 0.3) is 0 Å². The van der Waals surface area contributed by atoms with Gasteiger partial charge in [0.25, 0.3) is 5.91 Å². The van der Waals surface area contributed by atoms with Crippen LogP contribution < -0.4 is 9.91 Å². The van der Waals surface area contributed by atoms with E-state index in [2.05, 4.69) is 0 Å². The third-order valence-corrected chi connectivity index (χ3v) is 5.55. The minimum Gasteiger partial charge on any atom is -0.273 e. The molecule has 5 rings (SSSR count). The Bertz CT molecular complexity index is 1130. The second-order valence-electron chi connectivity index (χ2n) is 6.92. The van der Waals surface area contributed by atoms with Gasteiger partial charge in [0, 0.05) is 0 Å². The molecule has 142 valence electrons. The summed E-state index contributed by atoms with van der Waals surface area (Å²) in [5.41, 5.74) is 2.57. The summed E-state index contributed by atoms with van der Waals surface area (Å²) in [4.78, 5) is 28.1. The first kappa shape index (κ1) is 17.6. The van der Waals surface area contributed by atoms with Gasteiger partial charge in [-0.1, -0.05) is 72.3 Å². The van der Waals surface area contributed by atoms with E-state index in [1.54, 1.807) is 29.3 Å². The minimum absolute atomic E-state index is 0.311. The zero-order valence-electron chi connectivity index (χ0n) is 15.3.